The monoisotopic (exact) mass is 550 g/mol. The molecule has 0 spiro atoms. The van der Waals surface area contributed by atoms with E-state index in [0.29, 0.717) is 22.8 Å². The van der Waals surface area contributed by atoms with Gasteiger partial charge in [0.05, 0.1) is 19.2 Å². The highest BCUT2D eigenvalue weighted by molar-refractivity contribution is 5.99. The van der Waals surface area contributed by atoms with E-state index in [1.807, 2.05) is 18.2 Å². The first kappa shape index (κ1) is 30.3. The molecule has 1 unspecified atom stereocenters. The molecule has 0 radical (unpaired) electrons. The van der Waals surface area contributed by atoms with E-state index in [2.05, 4.69) is 10.6 Å². The lowest BCUT2D eigenvalue weighted by atomic mass is 10.0. The Bertz CT molecular complexity index is 1230. The molecule has 40 heavy (non-hydrogen) atoms. The van der Waals surface area contributed by atoms with Crippen molar-refractivity contribution in [3.05, 3.63) is 84.4 Å². The molecule has 0 aromatic heterocycles. The van der Waals surface area contributed by atoms with E-state index in [-0.39, 0.29) is 26.2 Å². The summed E-state index contributed by atoms with van der Waals surface area (Å²) in [6, 6.07) is 21.8. The van der Waals surface area contributed by atoms with Crippen LogP contribution in [0.4, 0.5) is 26.7 Å². The predicted octanol–water partition coefficient (Wildman–Crippen LogP) is 4.49. The Hall–Kier alpha value is -4.28. The van der Waals surface area contributed by atoms with Crippen molar-refractivity contribution in [3.63, 3.8) is 0 Å². The summed E-state index contributed by atoms with van der Waals surface area (Å²) >= 11 is 0. The van der Waals surface area contributed by atoms with Crippen LogP contribution in [0.2, 0.25) is 0 Å². The third kappa shape index (κ3) is 10.1. The van der Waals surface area contributed by atoms with Crippen molar-refractivity contribution in [2.75, 3.05) is 36.1 Å². The van der Waals surface area contributed by atoms with E-state index >= 15 is 0 Å². The lowest BCUT2D eigenvalue weighted by Crippen LogP contribution is -2.50. The number of benzene rings is 3. The number of hydrogen-bond acceptors (Lipinski definition) is 7. The summed E-state index contributed by atoms with van der Waals surface area (Å²) < 4.78 is 11.2. The minimum atomic E-state index is -1.02. The molecule has 10 nitrogen and oxygen atoms in total. The minimum Gasteiger partial charge on any atom is -0.491 e. The molecule has 2 atom stereocenters. The number of rotatable bonds is 11. The average Bonchev–Trinajstić information content (AvgIpc) is 2.90. The van der Waals surface area contributed by atoms with Gasteiger partial charge in [-0.1, -0.05) is 36.4 Å². The number of aliphatic hydroxyl groups excluding tert-OH is 2. The summed E-state index contributed by atoms with van der Waals surface area (Å²) in [4.78, 5) is 26.8. The maximum absolute atomic E-state index is 13.1. The average molecular weight is 551 g/mol. The van der Waals surface area contributed by atoms with Gasteiger partial charge in [0.15, 0.2) is 0 Å². The first-order valence-electron chi connectivity index (χ1n) is 13.0. The van der Waals surface area contributed by atoms with Crippen LogP contribution in [-0.2, 0) is 11.2 Å². The third-order valence-corrected chi connectivity index (χ3v) is 5.70. The van der Waals surface area contributed by atoms with Crippen molar-refractivity contribution in [2.45, 2.75) is 44.9 Å². The number of carbonyl (C=O) groups excluding carboxylic acids is 2. The molecule has 0 aliphatic rings. The number of nitrogens with one attached hydrogen (secondary N) is 2. The van der Waals surface area contributed by atoms with Gasteiger partial charge in [-0.3, -0.25) is 4.90 Å². The van der Waals surface area contributed by atoms with E-state index in [9.17, 15) is 19.8 Å². The highest BCUT2D eigenvalue weighted by Gasteiger charge is 2.30. The molecule has 0 aliphatic heterocycles. The van der Waals surface area contributed by atoms with Gasteiger partial charge in [-0.2, -0.15) is 0 Å². The molecular weight excluding hydrogens is 512 g/mol. The second kappa shape index (κ2) is 14.2. The number of nitrogens with two attached hydrogens (primary N) is 1. The quantitative estimate of drug-likeness (QED) is 0.221. The molecule has 6 N–H and O–H groups in total. The molecule has 0 aliphatic carbocycles. The van der Waals surface area contributed by atoms with Gasteiger partial charge in [0.1, 0.15) is 24.1 Å². The maximum atomic E-state index is 13.1. The second-order valence-corrected chi connectivity index (χ2v) is 10.4. The molecule has 3 aromatic carbocycles. The van der Waals surface area contributed by atoms with E-state index in [4.69, 9.17) is 15.2 Å². The molecule has 0 bridgehead atoms. The zero-order valence-electron chi connectivity index (χ0n) is 23.0. The Morgan fingerprint density at radius 1 is 0.950 bits per heavy atom. The Morgan fingerprint density at radius 2 is 1.62 bits per heavy atom. The Kier molecular flexibility index (Phi) is 10.7. The lowest BCUT2D eigenvalue weighted by molar-refractivity contribution is -0.00891. The molecule has 0 fully saturated rings. The van der Waals surface area contributed by atoms with Crippen LogP contribution in [0.5, 0.6) is 5.75 Å². The van der Waals surface area contributed by atoms with Crippen LogP contribution < -0.4 is 21.1 Å². The summed E-state index contributed by atoms with van der Waals surface area (Å²) in [7, 11) is 0. The van der Waals surface area contributed by atoms with Crippen LogP contribution in [0.3, 0.4) is 0 Å². The number of aliphatic hydroxyl groups is 2. The largest absolute Gasteiger partial charge is 0.491 e. The van der Waals surface area contributed by atoms with Crippen molar-refractivity contribution in [2.24, 2.45) is 0 Å². The highest BCUT2D eigenvalue weighted by Crippen LogP contribution is 2.19. The number of anilines is 3. The summed E-state index contributed by atoms with van der Waals surface area (Å²) in [5.74, 6) is 0.597. The fourth-order valence-electron chi connectivity index (χ4n) is 3.86. The standard InChI is InChI=1S/C30H38N4O6/c1-30(2,3)40-29(38)34(18-26(36)20-39-27-10-5-4-6-11-27)25(19-35)16-21-12-14-23(15-13-21)32-28(37)33-24-9-7-8-22(31)17-24/h4-15,17,25-26,35-36H,16,18-20,31H2,1-3H3,(H2,32,33,37)/t25-,26?/m0/s1. The van der Waals surface area contributed by atoms with Crippen LogP contribution >= 0.6 is 0 Å². The SMILES string of the molecule is CC(C)(C)OC(=O)N(CC(O)COc1ccccc1)[C@H](CO)Cc1ccc(NC(=O)Nc2cccc(N)c2)cc1. The van der Waals surface area contributed by atoms with E-state index in [1.165, 1.54) is 4.90 Å². The Labute approximate surface area is 234 Å². The number of nitrogens with zero attached hydrogens (tertiary/aromatic N) is 1. The number of hydrogen-bond donors (Lipinski definition) is 5. The van der Waals surface area contributed by atoms with Crippen molar-refractivity contribution >= 4 is 29.2 Å². The summed E-state index contributed by atoms with van der Waals surface area (Å²) in [5.41, 5.74) is 7.46. The predicted molar refractivity (Wildman–Crippen MR) is 155 cm³/mol. The van der Waals surface area contributed by atoms with E-state index < -0.39 is 29.9 Å². The van der Waals surface area contributed by atoms with Crippen molar-refractivity contribution in [3.8, 4) is 5.75 Å². The first-order valence-corrected chi connectivity index (χ1v) is 13.0. The number of amides is 3. The number of para-hydroxylation sites is 1. The van der Waals surface area contributed by atoms with Gasteiger partial charge in [0.2, 0.25) is 0 Å². The molecule has 3 rings (SSSR count). The van der Waals surface area contributed by atoms with Crippen LogP contribution in [0.25, 0.3) is 0 Å². The van der Waals surface area contributed by atoms with Crippen LogP contribution in [-0.4, -0.2) is 64.7 Å². The number of ether oxygens (including phenoxy) is 2. The molecule has 10 heteroatoms. The topological polar surface area (TPSA) is 146 Å². The first-order chi connectivity index (χ1) is 19.0. The number of carbonyl (C=O) groups is 2. The van der Waals surface area contributed by atoms with E-state index in [1.54, 1.807) is 81.4 Å². The van der Waals surface area contributed by atoms with Crippen molar-refractivity contribution in [1.82, 2.24) is 4.90 Å². The third-order valence-electron chi connectivity index (χ3n) is 5.70. The van der Waals surface area contributed by atoms with Crippen molar-refractivity contribution in [1.29, 1.82) is 0 Å². The fraction of sp³-hybridized carbons (Fsp3) is 0.333. The molecule has 0 saturated heterocycles. The molecule has 214 valence electrons. The molecule has 3 aromatic rings. The van der Waals surface area contributed by atoms with Gasteiger partial charge in [-0.05, 0) is 75.2 Å². The van der Waals surface area contributed by atoms with Crippen LogP contribution in [0.1, 0.15) is 26.3 Å². The maximum Gasteiger partial charge on any atom is 0.410 e. The molecular formula is C30H38N4O6. The van der Waals surface area contributed by atoms with Gasteiger partial charge >= 0.3 is 12.1 Å². The zero-order valence-corrected chi connectivity index (χ0v) is 23.0. The lowest BCUT2D eigenvalue weighted by Gasteiger charge is -2.34. The number of nitrogen functional groups attached to an aromatic ring is 1. The normalized spacial score (nSPS) is 12.6. The highest BCUT2D eigenvalue weighted by atomic mass is 16.6. The Morgan fingerprint density at radius 3 is 2.25 bits per heavy atom. The van der Waals surface area contributed by atoms with Gasteiger partial charge in [-0.25, -0.2) is 9.59 Å². The minimum absolute atomic E-state index is 0.0422. The van der Waals surface area contributed by atoms with Crippen molar-refractivity contribution < 1.29 is 29.3 Å². The fourth-order valence-corrected chi connectivity index (χ4v) is 3.86. The van der Waals surface area contributed by atoms with E-state index in [0.717, 1.165) is 5.56 Å². The van der Waals surface area contributed by atoms with Gasteiger partial charge < -0.3 is 36.1 Å². The van der Waals surface area contributed by atoms with Gasteiger partial charge in [0.25, 0.3) is 0 Å². The summed E-state index contributed by atoms with van der Waals surface area (Å²) in [5, 5.41) is 26.4. The molecule has 0 heterocycles. The molecule has 3 amide bonds. The Balaban J connectivity index is 1.64. The smallest absolute Gasteiger partial charge is 0.410 e. The van der Waals surface area contributed by atoms with Gasteiger partial charge in [0, 0.05) is 17.1 Å². The summed E-state index contributed by atoms with van der Waals surface area (Å²) in [6.45, 7) is 4.76. The summed E-state index contributed by atoms with van der Waals surface area (Å²) in [6.07, 6.45) is -1.38. The zero-order chi connectivity index (χ0) is 29.1. The van der Waals surface area contributed by atoms with Crippen LogP contribution in [0, 0.1) is 0 Å². The second-order valence-electron chi connectivity index (χ2n) is 10.4. The van der Waals surface area contributed by atoms with Crippen LogP contribution in [0.15, 0.2) is 78.9 Å². The molecule has 0 saturated carbocycles. The van der Waals surface area contributed by atoms with Gasteiger partial charge in [-0.15, -0.1) is 0 Å². The number of urea groups is 1.